The Hall–Kier alpha value is -0.300. The summed E-state index contributed by atoms with van der Waals surface area (Å²) in [7, 11) is 0. The zero-order chi connectivity index (χ0) is 11.6. The number of carbonyl (C=O) groups excluding carboxylic acids is 1. The molecule has 1 rings (SSSR count). The van der Waals surface area contributed by atoms with E-state index in [0.717, 1.165) is 24.5 Å². The lowest BCUT2D eigenvalue weighted by molar-refractivity contribution is -0.122. The number of ether oxygens (including phenoxy) is 1. The molecule has 0 saturated carbocycles. The maximum Gasteiger partial charge on any atom is 0.237 e. The van der Waals surface area contributed by atoms with Crippen LogP contribution in [0, 0.1) is 0 Å². The molecule has 0 aliphatic carbocycles. The summed E-state index contributed by atoms with van der Waals surface area (Å²) in [5.74, 6) is 2.01. The fourth-order valence-corrected chi connectivity index (χ4v) is 2.34. The number of hydrogen-bond donors (Lipinski definition) is 3. The second-order valence-electron chi connectivity index (χ2n) is 3.56. The van der Waals surface area contributed by atoms with E-state index in [1.54, 1.807) is 11.8 Å². The van der Waals surface area contributed by atoms with Crippen molar-refractivity contribution in [3.05, 3.63) is 0 Å². The lowest BCUT2D eigenvalue weighted by Crippen LogP contribution is -2.49. The van der Waals surface area contributed by atoms with Crippen LogP contribution in [-0.4, -0.2) is 61.5 Å². The van der Waals surface area contributed by atoms with Gasteiger partial charge in [0.15, 0.2) is 0 Å². The largest absolute Gasteiger partial charge is 0.394 e. The Balaban J connectivity index is 1.97. The first-order valence-electron chi connectivity index (χ1n) is 5.62. The number of rotatable bonds is 7. The smallest absolute Gasteiger partial charge is 0.237 e. The van der Waals surface area contributed by atoms with Crippen molar-refractivity contribution in [2.75, 3.05) is 44.4 Å². The van der Waals surface area contributed by atoms with Gasteiger partial charge in [0.1, 0.15) is 0 Å². The van der Waals surface area contributed by atoms with E-state index in [-0.39, 0.29) is 18.6 Å². The van der Waals surface area contributed by atoms with E-state index in [9.17, 15) is 4.79 Å². The lowest BCUT2D eigenvalue weighted by atomic mass is 10.3. The van der Waals surface area contributed by atoms with E-state index in [0.29, 0.717) is 19.8 Å². The number of amides is 1. The number of thioether (sulfide) groups is 1. The minimum absolute atomic E-state index is 0.0443. The van der Waals surface area contributed by atoms with E-state index in [1.807, 2.05) is 0 Å². The predicted molar refractivity (Wildman–Crippen MR) is 64.6 cm³/mol. The van der Waals surface area contributed by atoms with Gasteiger partial charge in [-0.3, -0.25) is 4.79 Å². The van der Waals surface area contributed by atoms with Crippen LogP contribution in [0.2, 0.25) is 0 Å². The number of aliphatic hydroxyl groups is 1. The summed E-state index contributed by atoms with van der Waals surface area (Å²) in [6.45, 7) is 2.54. The first-order valence-corrected chi connectivity index (χ1v) is 6.77. The lowest BCUT2D eigenvalue weighted by Gasteiger charge is -2.22. The zero-order valence-electron chi connectivity index (χ0n) is 9.41. The van der Waals surface area contributed by atoms with Crippen LogP contribution < -0.4 is 10.6 Å². The van der Waals surface area contributed by atoms with Gasteiger partial charge in [0.25, 0.3) is 0 Å². The highest BCUT2D eigenvalue weighted by molar-refractivity contribution is 7.99. The van der Waals surface area contributed by atoms with Crippen molar-refractivity contribution in [2.24, 2.45) is 0 Å². The van der Waals surface area contributed by atoms with E-state index < -0.39 is 0 Å². The van der Waals surface area contributed by atoms with Crippen molar-refractivity contribution in [3.63, 3.8) is 0 Å². The molecule has 6 heteroatoms. The van der Waals surface area contributed by atoms with Gasteiger partial charge in [-0.05, 0) is 6.42 Å². The van der Waals surface area contributed by atoms with Crippen molar-refractivity contribution < 1.29 is 14.6 Å². The van der Waals surface area contributed by atoms with Gasteiger partial charge in [-0.2, -0.15) is 11.8 Å². The summed E-state index contributed by atoms with van der Waals surface area (Å²) in [6.07, 6.45) is 0.783. The molecular formula is C10H20N2O3S. The number of carbonyl (C=O) groups is 1. The van der Waals surface area contributed by atoms with Crippen LogP contribution in [0.25, 0.3) is 0 Å². The molecule has 1 heterocycles. The molecule has 0 spiro atoms. The van der Waals surface area contributed by atoms with Crippen LogP contribution in [0.5, 0.6) is 0 Å². The quantitative estimate of drug-likeness (QED) is 0.515. The summed E-state index contributed by atoms with van der Waals surface area (Å²) in [5.41, 5.74) is 0. The van der Waals surface area contributed by atoms with Crippen molar-refractivity contribution >= 4 is 17.7 Å². The molecule has 1 unspecified atom stereocenters. The normalized spacial score (nSPS) is 20.7. The van der Waals surface area contributed by atoms with Gasteiger partial charge in [-0.15, -0.1) is 0 Å². The SMILES string of the molecule is O=C(NCCCOCCO)C1CSCCN1. The Bertz CT molecular complexity index is 199. The van der Waals surface area contributed by atoms with Gasteiger partial charge in [0.2, 0.25) is 5.91 Å². The summed E-state index contributed by atoms with van der Waals surface area (Å²) in [4.78, 5) is 11.6. The minimum Gasteiger partial charge on any atom is -0.394 e. The molecule has 0 aromatic heterocycles. The molecule has 0 bridgehead atoms. The molecule has 1 saturated heterocycles. The standard InChI is InChI=1S/C10H20N2O3S/c13-4-6-15-5-1-2-12-10(14)9-8-16-7-3-11-9/h9,11,13H,1-8H2,(H,12,14). The van der Waals surface area contributed by atoms with Crippen LogP contribution in [0.1, 0.15) is 6.42 Å². The first-order chi connectivity index (χ1) is 7.84. The molecule has 1 fully saturated rings. The highest BCUT2D eigenvalue weighted by Crippen LogP contribution is 2.07. The third-order valence-corrected chi connectivity index (χ3v) is 3.30. The topological polar surface area (TPSA) is 70.6 Å². The van der Waals surface area contributed by atoms with Gasteiger partial charge < -0.3 is 20.5 Å². The Morgan fingerprint density at radius 1 is 1.56 bits per heavy atom. The average molecular weight is 248 g/mol. The monoisotopic (exact) mass is 248 g/mol. The summed E-state index contributed by atoms with van der Waals surface area (Å²) in [6, 6.07) is -0.0443. The fraction of sp³-hybridized carbons (Fsp3) is 0.900. The molecular weight excluding hydrogens is 228 g/mol. The van der Waals surface area contributed by atoms with Crippen LogP contribution in [0.3, 0.4) is 0 Å². The molecule has 0 aromatic carbocycles. The molecule has 1 aliphatic rings. The second kappa shape index (κ2) is 8.81. The molecule has 0 radical (unpaired) electrons. The van der Waals surface area contributed by atoms with E-state index in [2.05, 4.69) is 10.6 Å². The molecule has 5 nitrogen and oxygen atoms in total. The summed E-state index contributed by atoms with van der Waals surface area (Å²) >= 11 is 1.81. The van der Waals surface area contributed by atoms with Gasteiger partial charge in [-0.25, -0.2) is 0 Å². The molecule has 1 atom stereocenters. The van der Waals surface area contributed by atoms with Crippen molar-refractivity contribution in [3.8, 4) is 0 Å². The van der Waals surface area contributed by atoms with Crippen LogP contribution in [-0.2, 0) is 9.53 Å². The molecule has 3 N–H and O–H groups in total. The van der Waals surface area contributed by atoms with Crippen molar-refractivity contribution in [1.29, 1.82) is 0 Å². The minimum atomic E-state index is -0.0443. The molecule has 1 aliphatic heterocycles. The third-order valence-electron chi connectivity index (χ3n) is 2.24. The van der Waals surface area contributed by atoms with Crippen molar-refractivity contribution in [1.82, 2.24) is 10.6 Å². The Labute approximate surface area is 100 Å². The maximum absolute atomic E-state index is 11.6. The molecule has 16 heavy (non-hydrogen) atoms. The second-order valence-corrected chi connectivity index (χ2v) is 4.71. The Kier molecular flexibility index (Phi) is 7.58. The van der Waals surface area contributed by atoms with Gasteiger partial charge in [0, 0.05) is 31.2 Å². The van der Waals surface area contributed by atoms with Crippen molar-refractivity contribution in [2.45, 2.75) is 12.5 Å². The number of aliphatic hydroxyl groups excluding tert-OH is 1. The van der Waals surface area contributed by atoms with E-state index in [4.69, 9.17) is 9.84 Å². The van der Waals surface area contributed by atoms with Gasteiger partial charge in [0.05, 0.1) is 19.3 Å². The summed E-state index contributed by atoms with van der Waals surface area (Å²) in [5, 5.41) is 14.5. The highest BCUT2D eigenvalue weighted by atomic mass is 32.2. The highest BCUT2D eigenvalue weighted by Gasteiger charge is 2.19. The molecule has 1 amide bonds. The van der Waals surface area contributed by atoms with Crippen LogP contribution >= 0.6 is 11.8 Å². The Morgan fingerprint density at radius 2 is 2.44 bits per heavy atom. The van der Waals surface area contributed by atoms with Gasteiger partial charge >= 0.3 is 0 Å². The number of hydrogen-bond acceptors (Lipinski definition) is 5. The van der Waals surface area contributed by atoms with Gasteiger partial charge in [-0.1, -0.05) is 0 Å². The maximum atomic E-state index is 11.6. The molecule has 0 aromatic rings. The molecule has 94 valence electrons. The average Bonchev–Trinajstić information content (AvgIpc) is 2.34. The zero-order valence-corrected chi connectivity index (χ0v) is 10.2. The fourth-order valence-electron chi connectivity index (χ4n) is 1.41. The van der Waals surface area contributed by atoms with Crippen LogP contribution in [0.15, 0.2) is 0 Å². The van der Waals surface area contributed by atoms with E-state index in [1.165, 1.54) is 0 Å². The first kappa shape index (κ1) is 13.8. The van der Waals surface area contributed by atoms with Crippen LogP contribution in [0.4, 0.5) is 0 Å². The Morgan fingerprint density at radius 3 is 3.12 bits per heavy atom. The van der Waals surface area contributed by atoms with E-state index >= 15 is 0 Å². The predicted octanol–water partition coefficient (Wildman–Crippen LogP) is -0.793. The summed E-state index contributed by atoms with van der Waals surface area (Å²) < 4.78 is 5.09. The number of nitrogens with one attached hydrogen (secondary N) is 2. The third kappa shape index (κ3) is 5.69.